The highest BCUT2D eigenvalue weighted by Crippen LogP contribution is 2.49. The van der Waals surface area contributed by atoms with E-state index in [0.29, 0.717) is 0 Å². The zero-order valence-electron chi connectivity index (χ0n) is 23.2. The van der Waals surface area contributed by atoms with Crippen molar-refractivity contribution in [1.82, 2.24) is 0 Å². The van der Waals surface area contributed by atoms with E-state index in [9.17, 15) is 0 Å². The summed E-state index contributed by atoms with van der Waals surface area (Å²) in [6, 6.07) is 55.4. The molecule has 0 radical (unpaired) electrons. The van der Waals surface area contributed by atoms with Gasteiger partial charge in [-0.15, -0.1) is 22.7 Å². The van der Waals surface area contributed by atoms with Gasteiger partial charge in [-0.25, -0.2) is 0 Å². The number of fused-ring (bicyclic) bond motifs is 8. The van der Waals surface area contributed by atoms with Crippen molar-refractivity contribution in [2.75, 3.05) is 4.90 Å². The maximum absolute atomic E-state index is 2.46. The molecule has 2 heterocycles. The SMILES string of the molecule is c1ccc(-c2ccc(N(c3ccc4c(c3)sc3ccccc34)c3cc4ccccc4c4sc5ccccc5c34)cc2)cc1. The van der Waals surface area contributed by atoms with Gasteiger partial charge in [-0.3, -0.25) is 0 Å². The minimum atomic E-state index is 1.15. The smallest absolute Gasteiger partial charge is 0.0561 e. The van der Waals surface area contributed by atoms with Gasteiger partial charge in [-0.05, 0) is 64.4 Å². The van der Waals surface area contributed by atoms with Crippen LogP contribution in [-0.4, -0.2) is 0 Å². The largest absolute Gasteiger partial charge is 0.310 e. The molecule has 1 nitrogen and oxygen atoms in total. The topological polar surface area (TPSA) is 3.24 Å². The van der Waals surface area contributed by atoms with E-state index in [2.05, 4.69) is 157 Å². The van der Waals surface area contributed by atoms with Crippen molar-refractivity contribution < 1.29 is 0 Å². The molecule has 202 valence electrons. The van der Waals surface area contributed by atoms with E-state index in [-0.39, 0.29) is 0 Å². The minimum Gasteiger partial charge on any atom is -0.310 e. The first-order valence-electron chi connectivity index (χ1n) is 14.5. The van der Waals surface area contributed by atoms with Crippen LogP contribution in [0.15, 0.2) is 152 Å². The molecule has 0 spiro atoms. The van der Waals surface area contributed by atoms with Gasteiger partial charge in [-0.2, -0.15) is 0 Å². The van der Waals surface area contributed by atoms with Crippen LogP contribution in [-0.2, 0) is 0 Å². The molecule has 0 aliphatic heterocycles. The molecule has 7 aromatic carbocycles. The number of nitrogens with zero attached hydrogens (tertiary/aromatic N) is 1. The van der Waals surface area contributed by atoms with Gasteiger partial charge >= 0.3 is 0 Å². The summed E-state index contributed by atoms with van der Waals surface area (Å²) in [6.45, 7) is 0. The first-order chi connectivity index (χ1) is 21.3. The third kappa shape index (κ3) is 3.97. The lowest BCUT2D eigenvalue weighted by Gasteiger charge is -2.27. The molecule has 0 fully saturated rings. The molecule has 0 saturated heterocycles. The van der Waals surface area contributed by atoms with Crippen molar-refractivity contribution in [3.63, 3.8) is 0 Å². The fraction of sp³-hybridized carbons (Fsp3) is 0. The molecule has 2 aromatic heterocycles. The van der Waals surface area contributed by atoms with Crippen LogP contribution >= 0.6 is 22.7 Å². The molecule has 3 heteroatoms. The molecule has 0 saturated carbocycles. The second-order valence-electron chi connectivity index (χ2n) is 10.9. The molecule has 0 N–H and O–H groups in total. The van der Waals surface area contributed by atoms with E-state index in [4.69, 9.17) is 0 Å². The molecule has 9 aromatic rings. The van der Waals surface area contributed by atoms with E-state index in [0.717, 1.165) is 5.69 Å². The number of rotatable bonds is 4. The van der Waals surface area contributed by atoms with Crippen LogP contribution in [0.1, 0.15) is 0 Å². The Morgan fingerprint density at radius 3 is 1.81 bits per heavy atom. The fourth-order valence-corrected chi connectivity index (χ4v) is 8.83. The quantitative estimate of drug-likeness (QED) is 0.199. The summed E-state index contributed by atoms with van der Waals surface area (Å²) < 4.78 is 5.28. The fourth-order valence-electron chi connectivity index (χ4n) is 6.43. The first kappa shape index (κ1) is 24.6. The molecular formula is C40H25NS2. The van der Waals surface area contributed by atoms with Crippen molar-refractivity contribution in [3.05, 3.63) is 152 Å². The Hall–Kier alpha value is -4.96. The third-order valence-corrected chi connectivity index (χ3v) is 10.8. The van der Waals surface area contributed by atoms with Crippen LogP contribution in [0.4, 0.5) is 17.1 Å². The normalized spacial score (nSPS) is 11.7. The van der Waals surface area contributed by atoms with Gasteiger partial charge in [0.05, 0.1) is 5.69 Å². The van der Waals surface area contributed by atoms with Crippen LogP contribution < -0.4 is 4.90 Å². The van der Waals surface area contributed by atoms with E-state index in [1.807, 2.05) is 22.7 Å². The Morgan fingerprint density at radius 1 is 0.395 bits per heavy atom. The summed E-state index contributed by atoms with van der Waals surface area (Å²) in [5.41, 5.74) is 5.96. The van der Waals surface area contributed by atoms with Crippen LogP contribution in [0, 0.1) is 0 Å². The van der Waals surface area contributed by atoms with Gasteiger partial charge in [-0.1, -0.05) is 109 Å². The summed E-state index contributed by atoms with van der Waals surface area (Å²) in [7, 11) is 0. The van der Waals surface area contributed by atoms with Crippen LogP contribution in [0.25, 0.3) is 62.2 Å². The van der Waals surface area contributed by atoms with Crippen molar-refractivity contribution in [2.45, 2.75) is 0 Å². The van der Waals surface area contributed by atoms with Gasteiger partial charge in [0, 0.05) is 51.7 Å². The van der Waals surface area contributed by atoms with Crippen LogP contribution in [0.2, 0.25) is 0 Å². The molecule has 0 aliphatic carbocycles. The van der Waals surface area contributed by atoms with Gasteiger partial charge in [0.1, 0.15) is 0 Å². The summed E-state index contributed by atoms with van der Waals surface area (Å²) in [5.74, 6) is 0. The lowest BCUT2D eigenvalue weighted by Crippen LogP contribution is -2.10. The second kappa shape index (κ2) is 9.81. The van der Waals surface area contributed by atoms with Crippen LogP contribution in [0.5, 0.6) is 0 Å². The van der Waals surface area contributed by atoms with Gasteiger partial charge in [0.15, 0.2) is 0 Å². The average molecular weight is 584 g/mol. The molecule has 0 amide bonds. The predicted molar refractivity (Wildman–Crippen MR) is 190 cm³/mol. The molecule has 9 rings (SSSR count). The Morgan fingerprint density at radius 2 is 1.00 bits per heavy atom. The summed E-state index contributed by atoms with van der Waals surface area (Å²) >= 11 is 3.76. The zero-order chi connectivity index (χ0) is 28.3. The molecular weight excluding hydrogens is 559 g/mol. The number of hydrogen-bond donors (Lipinski definition) is 0. The van der Waals surface area contributed by atoms with Gasteiger partial charge in [0.25, 0.3) is 0 Å². The summed E-state index contributed by atoms with van der Waals surface area (Å²) in [4.78, 5) is 2.46. The van der Waals surface area contributed by atoms with E-state index in [1.165, 1.54) is 73.6 Å². The highest BCUT2D eigenvalue weighted by atomic mass is 32.1. The van der Waals surface area contributed by atoms with Crippen molar-refractivity contribution in [3.8, 4) is 11.1 Å². The molecule has 0 bridgehead atoms. The lowest BCUT2D eigenvalue weighted by molar-refractivity contribution is 1.31. The molecule has 0 unspecified atom stereocenters. The zero-order valence-corrected chi connectivity index (χ0v) is 24.8. The minimum absolute atomic E-state index is 1.15. The molecule has 0 aliphatic rings. The van der Waals surface area contributed by atoms with E-state index >= 15 is 0 Å². The van der Waals surface area contributed by atoms with E-state index in [1.54, 1.807) is 0 Å². The molecule has 0 atom stereocenters. The average Bonchev–Trinajstić information content (AvgIpc) is 3.64. The Bertz CT molecular complexity index is 2450. The Kier molecular flexibility index (Phi) is 5.62. The standard InChI is InChI=1S/C40H25NS2/c1-2-10-26(11-3-1)27-18-20-29(21-19-27)41(30-22-23-33-32-14-6-8-16-36(32)42-38(33)25-30)35-24-28-12-4-5-13-31(28)40-39(35)34-15-7-9-17-37(34)43-40/h1-25H. The highest BCUT2D eigenvalue weighted by molar-refractivity contribution is 7.27. The maximum atomic E-state index is 2.46. The van der Waals surface area contributed by atoms with Gasteiger partial charge < -0.3 is 4.90 Å². The number of benzene rings is 7. The monoisotopic (exact) mass is 583 g/mol. The lowest BCUT2D eigenvalue weighted by atomic mass is 10.0. The Labute approximate surface area is 257 Å². The van der Waals surface area contributed by atoms with Crippen LogP contribution in [0.3, 0.4) is 0 Å². The second-order valence-corrected chi connectivity index (χ2v) is 13.1. The summed E-state index contributed by atoms with van der Waals surface area (Å²) in [6.07, 6.45) is 0. The number of hydrogen-bond acceptors (Lipinski definition) is 3. The first-order valence-corrected chi connectivity index (χ1v) is 16.1. The van der Waals surface area contributed by atoms with E-state index < -0.39 is 0 Å². The molecule has 43 heavy (non-hydrogen) atoms. The van der Waals surface area contributed by atoms with Crippen molar-refractivity contribution in [1.29, 1.82) is 0 Å². The highest BCUT2D eigenvalue weighted by Gasteiger charge is 2.21. The number of anilines is 3. The van der Waals surface area contributed by atoms with Gasteiger partial charge in [0.2, 0.25) is 0 Å². The maximum Gasteiger partial charge on any atom is 0.0561 e. The predicted octanol–water partition coefficient (Wildman–Crippen LogP) is 12.7. The summed E-state index contributed by atoms with van der Waals surface area (Å²) in [5, 5.41) is 7.81. The number of thiophene rings is 2. The third-order valence-electron chi connectivity index (χ3n) is 8.44. The van der Waals surface area contributed by atoms with Crippen molar-refractivity contribution >= 4 is 90.9 Å². The Balaban J connectivity index is 1.34. The van der Waals surface area contributed by atoms with Crippen molar-refractivity contribution in [2.24, 2.45) is 0 Å².